The Morgan fingerprint density at radius 3 is 2.00 bits per heavy atom. The molecule has 1 aromatic heterocycles. The van der Waals surface area contributed by atoms with Crippen LogP contribution in [0.5, 0.6) is 0 Å². The van der Waals surface area contributed by atoms with Crippen LogP contribution in [-0.2, 0) is 11.8 Å². The van der Waals surface area contributed by atoms with Crippen molar-refractivity contribution in [1.82, 2.24) is 14.7 Å². The van der Waals surface area contributed by atoms with E-state index in [1.165, 1.54) is 12.5 Å². The van der Waals surface area contributed by atoms with Gasteiger partial charge in [-0.05, 0) is 106 Å². The summed E-state index contributed by atoms with van der Waals surface area (Å²) in [5.74, 6) is 1.11. The molecule has 2 saturated heterocycles. The molecule has 2 bridgehead atoms. The minimum Gasteiger partial charge on any atom is -0.319 e. The Bertz CT molecular complexity index is 1740. The number of aryl methyl sites for hydroxylation is 1. The van der Waals surface area contributed by atoms with E-state index in [4.69, 9.17) is 5.10 Å². The van der Waals surface area contributed by atoms with Gasteiger partial charge in [0, 0.05) is 40.5 Å². The van der Waals surface area contributed by atoms with Gasteiger partial charge in [0.25, 0.3) is 0 Å². The molecule has 2 atom stereocenters. The Balaban J connectivity index is 1.04. The standard InChI is InChI=1S/C38H44N6O3/c1-24-6-16-31(17-7-24)44-35(23-34(42-44)38(3,4)5)41-36(46)39-29-12-8-26(9-13-29)20-27-21-32-18-19-33(22-27)43(32)37(47)40-30-14-10-28(11-15-30)25(2)45/h6-17,23,27,32-33H,18-22H2,1-5H3,(H,40,47)(H2,39,41,46). The summed E-state index contributed by atoms with van der Waals surface area (Å²) in [6.07, 6.45) is 4.93. The Morgan fingerprint density at radius 1 is 0.809 bits per heavy atom. The van der Waals surface area contributed by atoms with Crippen LogP contribution in [0, 0.1) is 12.8 Å². The largest absolute Gasteiger partial charge is 0.324 e. The Kier molecular flexibility index (Phi) is 8.90. The second-order valence-electron chi connectivity index (χ2n) is 14.1. The van der Waals surface area contributed by atoms with E-state index in [1.807, 2.05) is 54.3 Å². The predicted molar refractivity (Wildman–Crippen MR) is 187 cm³/mol. The fourth-order valence-corrected chi connectivity index (χ4v) is 6.82. The molecule has 0 radical (unpaired) electrons. The van der Waals surface area contributed by atoms with Crippen LogP contribution in [0.4, 0.5) is 26.8 Å². The number of Topliss-reactive ketones (excluding diaryl/α,β-unsaturated/α-hetero) is 1. The molecular weight excluding hydrogens is 588 g/mol. The second-order valence-corrected chi connectivity index (χ2v) is 14.1. The average molecular weight is 633 g/mol. The normalized spacial score (nSPS) is 18.9. The fourth-order valence-electron chi connectivity index (χ4n) is 6.82. The third-order valence-electron chi connectivity index (χ3n) is 9.34. The third-order valence-corrected chi connectivity index (χ3v) is 9.34. The number of rotatable bonds is 7. The highest BCUT2D eigenvalue weighted by atomic mass is 16.2. The number of hydrogen-bond donors (Lipinski definition) is 3. The molecule has 6 rings (SSSR count). The Hall–Kier alpha value is -4.92. The predicted octanol–water partition coefficient (Wildman–Crippen LogP) is 8.34. The maximum atomic E-state index is 13.2. The molecule has 244 valence electrons. The van der Waals surface area contributed by atoms with Gasteiger partial charge in [-0.25, -0.2) is 14.3 Å². The quantitative estimate of drug-likeness (QED) is 0.178. The third kappa shape index (κ3) is 7.40. The molecular formula is C38H44N6O3. The van der Waals surface area contributed by atoms with E-state index >= 15 is 0 Å². The van der Waals surface area contributed by atoms with Crippen LogP contribution in [0.1, 0.15) is 80.6 Å². The summed E-state index contributed by atoms with van der Waals surface area (Å²) >= 11 is 0. The number of carbonyl (C=O) groups is 3. The highest BCUT2D eigenvalue weighted by molar-refractivity contribution is 5.99. The number of fused-ring (bicyclic) bond motifs is 2. The average Bonchev–Trinajstić information content (AvgIpc) is 3.57. The van der Waals surface area contributed by atoms with E-state index in [-0.39, 0.29) is 35.3 Å². The number of piperidine rings is 1. The van der Waals surface area contributed by atoms with Crippen molar-refractivity contribution in [2.45, 2.75) is 84.2 Å². The summed E-state index contributed by atoms with van der Waals surface area (Å²) in [7, 11) is 0. The molecule has 0 aliphatic carbocycles. The van der Waals surface area contributed by atoms with Crippen molar-refractivity contribution in [1.29, 1.82) is 0 Å². The number of nitrogens with zero attached hydrogens (tertiary/aromatic N) is 3. The number of urea groups is 2. The lowest BCUT2D eigenvalue weighted by atomic mass is 9.86. The molecule has 9 nitrogen and oxygen atoms in total. The molecule has 2 aliphatic rings. The first-order valence-corrected chi connectivity index (χ1v) is 16.5. The van der Waals surface area contributed by atoms with Gasteiger partial charge in [0.05, 0.1) is 11.4 Å². The van der Waals surface area contributed by atoms with Crippen molar-refractivity contribution < 1.29 is 14.4 Å². The van der Waals surface area contributed by atoms with Crippen LogP contribution in [0.15, 0.2) is 78.9 Å². The highest BCUT2D eigenvalue weighted by Crippen LogP contribution is 2.40. The lowest BCUT2D eigenvalue weighted by Crippen LogP contribution is -2.48. The molecule has 4 amide bonds. The number of anilines is 3. The zero-order chi connectivity index (χ0) is 33.3. The van der Waals surface area contributed by atoms with Gasteiger partial charge < -0.3 is 15.5 Å². The van der Waals surface area contributed by atoms with Crippen molar-refractivity contribution in [3.63, 3.8) is 0 Å². The van der Waals surface area contributed by atoms with Gasteiger partial charge in [0.2, 0.25) is 0 Å². The summed E-state index contributed by atoms with van der Waals surface area (Å²) in [6, 6.07) is 25.2. The van der Waals surface area contributed by atoms with Gasteiger partial charge >= 0.3 is 12.1 Å². The van der Waals surface area contributed by atoms with Crippen molar-refractivity contribution in [2.24, 2.45) is 5.92 Å². The second kappa shape index (κ2) is 13.1. The van der Waals surface area contributed by atoms with Gasteiger partial charge in [0.1, 0.15) is 5.82 Å². The summed E-state index contributed by atoms with van der Waals surface area (Å²) in [6.45, 7) is 9.88. The van der Waals surface area contributed by atoms with E-state index in [0.29, 0.717) is 28.7 Å². The molecule has 2 aliphatic heterocycles. The van der Waals surface area contributed by atoms with Gasteiger partial charge in [-0.15, -0.1) is 0 Å². The van der Waals surface area contributed by atoms with Crippen molar-refractivity contribution in [3.8, 4) is 5.69 Å². The first-order valence-electron chi connectivity index (χ1n) is 16.5. The van der Waals surface area contributed by atoms with Crippen LogP contribution in [0.25, 0.3) is 5.69 Å². The number of carbonyl (C=O) groups excluding carboxylic acids is 3. The van der Waals surface area contributed by atoms with Crippen LogP contribution < -0.4 is 16.0 Å². The molecule has 0 spiro atoms. The molecule has 9 heteroatoms. The van der Waals surface area contributed by atoms with Crippen molar-refractivity contribution in [2.75, 3.05) is 16.0 Å². The minimum absolute atomic E-state index is 0.00692. The van der Waals surface area contributed by atoms with Crippen molar-refractivity contribution in [3.05, 3.63) is 101 Å². The molecule has 3 heterocycles. The maximum absolute atomic E-state index is 13.2. The van der Waals surface area contributed by atoms with Gasteiger partial charge in [0.15, 0.2) is 5.78 Å². The fraction of sp³-hybridized carbons (Fsp3) is 0.368. The zero-order valence-corrected chi connectivity index (χ0v) is 27.8. The number of ketones is 1. The lowest BCUT2D eigenvalue weighted by Gasteiger charge is -2.39. The molecule has 3 N–H and O–H groups in total. The minimum atomic E-state index is -0.330. The monoisotopic (exact) mass is 632 g/mol. The van der Waals surface area contributed by atoms with Crippen LogP contribution in [-0.4, -0.2) is 44.6 Å². The van der Waals surface area contributed by atoms with Gasteiger partial charge in [-0.3, -0.25) is 10.1 Å². The topological polar surface area (TPSA) is 108 Å². The van der Waals surface area contributed by atoms with Crippen LogP contribution >= 0.6 is 0 Å². The van der Waals surface area contributed by atoms with E-state index in [9.17, 15) is 14.4 Å². The van der Waals surface area contributed by atoms with Crippen molar-refractivity contribution >= 4 is 35.0 Å². The maximum Gasteiger partial charge on any atom is 0.324 e. The summed E-state index contributed by atoms with van der Waals surface area (Å²) in [5, 5.41) is 13.8. The molecule has 2 fully saturated rings. The van der Waals surface area contributed by atoms with E-state index < -0.39 is 0 Å². The smallest absolute Gasteiger partial charge is 0.319 e. The Labute approximate surface area is 276 Å². The number of benzene rings is 3. The molecule has 3 aromatic carbocycles. The number of amides is 4. The number of hydrogen-bond acceptors (Lipinski definition) is 4. The first-order chi connectivity index (χ1) is 22.4. The van der Waals surface area contributed by atoms with E-state index in [2.05, 4.69) is 48.9 Å². The summed E-state index contributed by atoms with van der Waals surface area (Å²) < 4.78 is 1.78. The lowest BCUT2D eigenvalue weighted by molar-refractivity contribution is 0.101. The summed E-state index contributed by atoms with van der Waals surface area (Å²) in [5.41, 5.74) is 6.02. The van der Waals surface area contributed by atoms with E-state index in [0.717, 1.165) is 49.0 Å². The van der Waals surface area contributed by atoms with Gasteiger partial charge in [-0.1, -0.05) is 50.6 Å². The number of nitrogens with one attached hydrogen (secondary N) is 3. The zero-order valence-electron chi connectivity index (χ0n) is 27.8. The Morgan fingerprint density at radius 2 is 1.40 bits per heavy atom. The highest BCUT2D eigenvalue weighted by Gasteiger charge is 2.43. The summed E-state index contributed by atoms with van der Waals surface area (Å²) in [4.78, 5) is 39.9. The number of aromatic nitrogens is 2. The molecule has 2 unspecified atom stereocenters. The van der Waals surface area contributed by atoms with E-state index in [1.54, 1.807) is 28.9 Å². The molecule has 0 saturated carbocycles. The first kappa shape index (κ1) is 32.0. The van der Waals surface area contributed by atoms with Gasteiger partial charge in [-0.2, -0.15) is 5.10 Å². The molecule has 4 aromatic rings. The SMILES string of the molecule is CC(=O)c1ccc(NC(=O)N2C3CCC2CC(Cc2ccc(NC(=O)Nc4cc(C(C)(C)C)nn4-c4ccc(C)cc4)cc2)C3)cc1. The molecule has 47 heavy (non-hydrogen) atoms. The van der Waals surface area contributed by atoms with Crippen LogP contribution in [0.3, 0.4) is 0 Å². The van der Waals surface area contributed by atoms with Crippen LogP contribution in [0.2, 0.25) is 0 Å².